The first-order valence-electron chi connectivity index (χ1n) is 7.78. The first-order valence-corrected chi connectivity index (χ1v) is 7.78. The lowest BCUT2D eigenvalue weighted by atomic mass is 10.1. The summed E-state index contributed by atoms with van der Waals surface area (Å²) >= 11 is 0. The molecule has 1 fully saturated rings. The predicted octanol–water partition coefficient (Wildman–Crippen LogP) is 2.90. The standard InChI is InChI=1S/C18H20N4O/c1-23-17-6-2-5-16(10-17)22-9-7-14(13-22)12-21-18-15(11-19)4-3-8-20-18/h2-6,8,10,14H,7,9,12-13H2,1H3,(H,20,21). The number of anilines is 2. The highest BCUT2D eigenvalue weighted by atomic mass is 16.5. The minimum Gasteiger partial charge on any atom is -0.497 e. The topological polar surface area (TPSA) is 61.2 Å². The molecule has 1 aliphatic heterocycles. The van der Waals surface area contributed by atoms with Crippen LogP contribution in [0, 0.1) is 17.2 Å². The second kappa shape index (κ2) is 7.01. The highest BCUT2D eigenvalue weighted by molar-refractivity contribution is 5.53. The largest absolute Gasteiger partial charge is 0.497 e. The van der Waals surface area contributed by atoms with Crippen LogP contribution < -0.4 is 15.0 Å². The molecule has 0 spiro atoms. The summed E-state index contributed by atoms with van der Waals surface area (Å²) in [5.74, 6) is 2.10. The highest BCUT2D eigenvalue weighted by Gasteiger charge is 2.23. The molecule has 0 radical (unpaired) electrons. The van der Waals surface area contributed by atoms with E-state index in [0.29, 0.717) is 17.3 Å². The molecular formula is C18H20N4O. The number of aromatic nitrogens is 1. The van der Waals surface area contributed by atoms with Crippen LogP contribution in [0.4, 0.5) is 11.5 Å². The van der Waals surface area contributed by atoms with E-state index in [2.05, 4.69) is 33.4 Å². The number of pyridine rings is 1. The lowest BCUT2D eigenvalue weighted by Crippen LogP contribution is -2.22. The Morgan fingerprint density at radius 1 is 1.39 bits per heavy atom. The summed E-state index contributed by atoms with van der Waals surface area (Å²) in [5.41, 5.74) is 1.79. The molecule has 2 aromatic rings. The van der Waals surface area contributed by atoms with Crippen molar-refractivity contribution in [2.45, 2.75) is 6.42 Å². The van der Waals surface area contributed by atoms with Gasteiger partial charge in [0.2, 0.25) is 0 Å². The fourth-order valence-corrected chi connectivity index (χ4v) is 2.92. The smallest absolute Gasteiger partial charge is 0.143 e. The molecule has 1 saturated heterocycles. The van der Waals surface area contributed by atoms with Crippen LogP contribution in [0.5, 0.6) is 5.75 Å². The molecule has 1 unspecified atom stereocenters. The second-order valence-corrected chi connectivity index (χ2v) is 5.69. The van der Waals surface area contributed by atoms with E-state index in [-0.39, 0.29) is 0 Å². The Bertz CT molecular complexity index is 710. The SMILES string of the molecule is COc1cccc(N2CCC(CNc3ncccc3C#N)C2)c1. The van der Waals surface area contributed by atoms with Gasteiger partial charge in [0, 0.05) is 37.6 Å². The molecular weight excluding hydrogens is 288 g/mol. The second-order valence-electron chi connectivity index (χ2n) is 5.69. The molecule has 5 heteroatoms. The number of ether oxygens (including phenoxy) is 1. The summed E-state index contributed by atoms with van der Waals surface area (Å²) in [6.45, 7) is 2.86. The van der Waals surface area contributed by atoms with Crippen LogP contribution in [0.3, 0.4) is 0 Å². The molecule has 0 amide bonds. The first-order chi connectivity index (χ1) is 11.3. The van der Waals surface area contributed by atoms with Crippen molar-refractivity contribution in [1.82, 2.24) is 4.98 Å². The maximum atomic E-state index is 9.10. The molecule has 3 rings (SSSR count). The van der Waals surface area contributed by atoms with Gasteiger partial charge in [0.15, 0.2) is 0 Å². The molecule has 0 bridgehead atoms. The van der Waals surface area contributed by atoms with Gasteiger partial charge in [-0.25, -0.2) is 4.98 Å². The van der Waals surface area contributed by atoms with Crippen LogP contribution >= 0.6 is 0 Å². The average molecular weight is 308 g/mol. The van der Waals surface area contributed by atoms with E-state index in [1.54, 1.807) is 25.4 Å². The van der Waals surface area contributed by atoms with Crippen molar-refractivity contribution in [3.05, 3.63) is 48.2 Å². The van der Waals surface area contributed by atoms with Gasteiger partial charge in [-0.2, -0.15) is 5.26 Å². The number of nitrogens with zero attached hydrogens (tertiary/aromatic N) is 3. The number of hydrogen-bond acceptors (Lipinski definition) is 5. The van der Waals surface area contributed by atoms with Gasteiger partial charge in [-0.15, -0.1) is 0 Å². The lowest BCUT2D eigenvalue weighted by Gasteiger charge is -2.19. The van der Waals surface area contributed by atoms with Crippen LogP contribution in [-0.2, 0) is 0 Å². The van der Waals surface area contributed by atoms with Gasteiger partial charge in [0.25, 0.3) is 0 Å². The number of nitriles is 1. The molecule has 1 aromatic heterocycles. The molecule has 1 aliphatic rings. The average Bonchev–Trinajstić information content (AvgIpc) is 3.09. The normalized spacial score (nSPS) is 16.9. The third kappa shape index (κ3) is 3.54. The molecule has 2 heterocycles. The van der Waals surface area contributed by atoms with Crippen LogP contribution in [0.2, 0.25) is 0 Å². The number of benzene rings is 1. The van der Waals surface area contributed by atoms with E-state index >= 15 is 0 Å². The van der Waals surface area contributed by atoms with Crippen molar-refractivity contribution in [3.63, 3.8) is 0 Å². The van der Waals surface area contributed by atoms with Crippen LogP contribution in [0.1, 0.15) is 12.0 Å². The van der Waals surface area contributed by atoms with Gasteiger partial charge in [-0.05, 0) is 36.6 Å². The third-order valence-electron chi connectivity index (χ3n) is 4.19. The number of hydrogen-bond donors (Lipinski definition) is 1. The zero-order valence-corrected chi connectivity index (χ0v) is 13.2. The summed E-state index contributed by atoms with van der Waals surface area (Å²) in [6.07, 6.45) is 2.83. The maximum Gasteiger partial charge on any atom is 0.143 e. The zero-order chi connectivity index (χ0) is 16.1. The fraction of sp³-hybridized carbons (Fsp3) is 0.333. The van der Waals surface area contributed by atoms with E-state index in [9.17, 15) is 0 Å². The van der Waals surface area contributed by atoms with Crippen molar-refractivity contribution >= 4 is 11.5 Å². The Morgan fingerprint density at radius 3 is 3.13 bits per heavy atom. The summed E-state index contributed by atoms with van der Waals surface area (Å²) in [4.78, 5) is 6.62. The van der Waals surface area contributed by atoms with Crippen molar-refractivity contribution in [2.24, 2.45) is 5.92 Å². The van der Waals surface area contributed by atoms with E-state index < -0.39 is 0 Å². The van der Waals surface area contributed by atoms with Gasteiger partial charge >= 0.3 is 0 Å². The van der Waals surface area contributed by atoms with E-state index in [1.807, 2.05) is 12.1 Å². The van der Waals surface area contributed by atoms with E-state index in [4.69, 9.17) is 10.00 Å². The Balaban J connectivity index is 1.59. The minimum atomic E-state index is 0.537. The lowest BCUT2D eigenvalue weighted by molar-refractivity contribution is 0.415. The third-order valence-corrected chi connectivity index (χ3v) is 4.19. The Morgan fingerprint density at radius 2 is 2.30 bits per heavy atom. The summed E-state index contributed by atoms with van der Waals surface area (Å²) in [6, 6.07) is 13.9. The molecule has 1 atom stereocenters. The molecule has 23 heavy (non-hydrogen) atoms. The Labute approximate surface area is 136 Å². The predicted molar refractivity (Wildman–Crippen MR) is 90.8 cm³/mol. The van der Waals surface area contributed by atoms with Gasteiger partial charge in [0.1, 0.15) is 17.6 Å². The van der Waals surface area contributed by atoms with Crippen molar-refractivity contribution in [2.75, 3.05) is 37.0 Å². The number of rotatable bonds is 5. The molecule has 118 valence electrons. The van der Waals surface area contributed by atoms with Crippen molar-refractivity contribution in [1.29, 1.82) is 5.26 Å². The molecule has 5 nitrogen and oxygen atoms in total. The molecule has 1 N–H and O–H groups in total. The Hall–Kier alpha value is -2.74. The zero-order valence-electron chi connectivity index (χ0n) is 13.2. The first kappa shape index (κ1) is 15.2. The molecule has 0 aliphatic carbocycles. The van der Waals surface area contributed by atoms with Crippen molar-refractivity contribution in [3.8, 4) is 11.8 Å². The van der Waals surface area contributed by atoms with Gasteiger partial charge in [-0.3, -0.25) is 0 Å². The van der Waals surface area contributed by atoms with Gasteiger partial charge in [-0.1, -0.05) is 6.07 Å². The fourth-order valence-electron chi connectivity index (χ4n) is 2.92. The summed E-state index contributed by atoms with van der Waals surface area (Å²) in [7, 11) is 1.69. The maximum absolute atomic E-state index is 9.10. The van der Waals surface area contributed by atoms with E-state index in [0.717, 1.165) is 31.8 Å². The summed E-state index contributed by atoms with van der Waals surface area (Å²) in [5, 5.41) is 12.4. The molecule has 0 saturated carbocycles. The molecule has 1 aromatic carbocycles. The summed E-state index contributed by atoms with van der Waals surface area (Å²) < 4.78 is 5.29. The van der Waals surface area contributed by atoms with Crippen LogP contribution in [0.15, 0.2) is 42.6 Å². The van der Waals surface area contributed by atoms with Crippen molar-refractivity contribution < 1.29 is 4.74 Å². The van der Waals surface area contributed by atoms with Crippen LogP contribution in [0.25, 0.3) is 0 Å². The van der Waals surface area contributed by atoms with E-state index in [1.165, 1.54) is 5.69 Å². The number of methoxy groups -OCH3 is 1. The van der Waals surface area contributed by atoms with Gasteiger partial charge < -0.3 is 15.0 Å². The quantitative estimate of drug-likeness (QED) is 0.920. The highest BCUT2D eigenvalue weighted by Crippen LogP contribution is 2.27. The number of nitrogens with one attached hydrogen (secondary N) is 1. The monoisotopic (exact) mass is 308 g/mol. The minimum absolute atomic E-state index is 0.537. The Kier molecular flexibility index (Phi) is 4.62. The van der Waals surface area contributed by atoms with Crippen LogP contribution in [-0.4, -0.2) is 31.7 Å². The van der Waals surface area contributed by atoms with Gasteiger partial charge in [0.05, 0.1) is 12.7 Å².